The van der Waals surface area contributed by atoms with Crippen LogP contribution in [0.25, 0.3) is 6.08 Å². The lowest BCUT2D eigenvalue weighted by molar-refractivity contribution is -0.00000427. The molecule has 1 aromatic heterocycles. The van der Waals surface area contributed by atoms with E-state index in [1.807, 2.05) is 25.2 Å². The molecule has 2 aromatic rings. The van der Waals surface area contributed by atoms with Crippen molar-refractivity contribution in [2.75, 3.05) is 18.8 Å². The van der Waals surface area contributed by atoms with Crippen molar-refractivity contribution in [1.29, 1.82) is 0 Å². The topological polar surface area (TPSA) is 55.6 Å². The Morgan fingerprint density at radius 3 is 2.81 bits per heavy atom. The smallest absolute Gasteiger partial charge is 0.209 e. The molecule has 1 aromatic carbocycles. The molecule has 1 N–H and O–H groups in total. The summed E-state index contributed by atoms with van der Waals surface area (Å²) in [5.74, 6) is 1.02. The van der Waals surface area contributed by atoms with Crippen LogP contribution in [-0.2, 0) is 7.05 Å². The Morgan fingerprint density at radius 2 is 2.10 bits per heavy atom. The van der Waals surface area contributed by atoms with E-state index in [1.54, 1.807) is 16.4 Å². The van der Waals surface area contributed by atoms with Gasteiger partial charge in [0, 0.05) is 19.3 Å². The number of benzene rings is 1. The van der Waals surface area contributed by atoms with Crippen molar-refractivity contribution in [3.05, 3.63) is 42.0 Å². The lowest BCUT2D eigenvalue weighted by Gasteiger charge is -2.01. The van der Waals surface area contributed by atoms with Crippen LogP contribution in [0.4, 0.5) is 0 Å². The number of aromatic nitrogens is 4. The van der Waals surface area contributed by atoms with Gasteiger partial charge in [0.2, 0.25) is 5.16 Å². The second-order valence-corrected chi connectivity index (χ2v) is 5.37. The molecule has 114 valence electrons. The summed E-state index contributed by atoms with van der Waals surface area (Å²) in [7, 11) is 1.86. The van der Waals surface area contributed by atoms with Crippen LogP contribution in [-0.4, -0.2) is 39.0 Å². The van der Waals surface area contributed by atoms with Gasteiger partial charge in [0.05, 0.1) is 0 Å². The van der Waals surface area contributed by atoms with E-state index in [0.717, 1.165) is 30.4 Å². The molecule has 0 saturated carbocycles. The highest BCUT2D eigenvalue weighted by Gasteiger charge is 2.01. The van der Waals surface area contributed by atoms with Crippen LogP contribution in [0, 0.1) is 0 Å². The van der Waals surface area contributed by atoms with Gasteiger partial charge in [-0.15, -0.1) is 5.10 Å². The fraction of sp³-hybridized carbons (Fsp3) is 0.357. The molecule has 1 heterocycles. The zero-order chi connectivity index (χ0) is 14.0. The summed E-state index contributed by atoms with van der Waals surface area (Å²) in [6.07, 6.45) is 5.37. The molecular formula is C14H19ClN5S-. The fourth-order valence-corrected chi connectivity index (χ4v) is 2.44. The summed E-state index contributed by atoms with van der Waals surface area (Å²) in [5.41, 5.74) is 1.24. The van der Waals surface area contributed by atoms with E-state index in [9.17, 15) is 0 Å². The molecule has 0 bridgehead atoms. The standard InChI is InChI=1S/C14H19N5S.ClH/c1-19-14(16-17-18-19)20-12-6-11-15-10-5-9-13-7-3-2-4-8-13;/h2-5,7-9,15H,6,10-12H2,1H3;1H/p-1/b9-5+;. The Hall–Kier alpha value is -1.37. The molecule has 0 saturated heterocycles. The molecule has 0 aliphatic heterocycles. The average Bonchev–Trinajstić information content (AvgIpc) is 2.88. The van der Waals surface area contributed by atoms with Crippen LogP contribution >= 0.6 is 11.8 Å². The molecule has 0 aliphatic carbocycles. The fourth-order valence-electron chi connectivity index (χ4n) is 1.65. The van der Waals surface area contributed by atoms with Crippen LogP contribution < -0.4 is 17.7 Å². The summed E-state index contributed by atoms with van der Waals surface area (Å²) < 4.78 is 1.70. The minimum absolute atomic E-state index is 0. The summed E-state index contributed by atoms with van der Waals surface area (Å²) in [5, 5.41) is 15.6. The van der Waals surface area contributed by atoms with E-state index in [1.165, 1.54) is 5.56 Å². The predicted octanol–water partition coefficient (Wildman–Crippen LogP) is -1.00. The third-order valence-electron chi connectivity index (χ3n) is 2.68. The van der Waals surface area contributed by atoms with Gasteiger partial charge in [0.25, 0.3) is 0 Å². The lowest BCUT2D eigenvalue weighted by Crippen LogP contribution is -3.00. The van der Waals surface area contributed by atoms with Crippen molar-refractivity contribution in [2.24, 2.45) is 7.05 Å². The average molecular weight is 325 g/mol. The van der Waals surface area contributed by atoms with E-state index in [4.69, 9.17) is 0 Å². The molecule has 0 spiro atoms. The zero-order valence-electron chi connectivity index (χ0n) is 11.9. The quantitative estimate of drug-likeness (QED) is 0.499. The number of hydrogen-bond acceptors (Lipinski definition) is 5. The van der Waals surface area contributed by atoms with E-state index in [-0.39, 0.29) is 12.4 Å². The van der Waals surface area contributed by atoms with Crippen LogP contribution in [0.1, 0.15) is 12.0 Å². The van der Waals surface area contributed by atoms with Crippen molar-refractivity contribution >= 4 is 17.8 Å². The van der Waals surface area contributed by atoms with Crippen molar-refractivity contribution in [3.63, 3.8) is 0 Å². The molecule has 0 aliphatic rings. The number of nitrogens with zero attached hydrogens (tertiary/aromatic N) is 4. The largest absolute Gasteiger partial charge is 1.00 e. The van der Waals surface area contributed by atoms with E-state index >= 15 is 0 Å². The Bertz CT molecular complexity index is 529. The van der Waals surface area contributed by atoms with Crippen molar-refractivity contribution in [3.8, 4) is 0 Å². The number of nitrogens with one attached hydrogen (secondary N) is 1. The maximum absolute atomic E-state index is 3.93. The lowest BCUT2D eigenvalue weighted by atomic mass is 10.2. The van der Waals surface area contributed by atoms with Crippen LogP contribution in [0.3, 0.4) is 0 Å². The van der Waals surface area contributed by atoms with Crippen molar-refractivity contribution in [1.82, 2.24) is 25.5 Å². The SMILES string of the molecule is Cn1nnnc1SCCCNC/C=C/c1ccccc1.[Cl-]. The first-order valence-corrected chi connectivity index (χ1v) is 7.62. The number of tetrazole rings is 1. The first-order valence-electron chi connectivity index (χ1n) is 6.64. The highest BCUT2D eigenvalue weighted by atomic mass is 35.5. The normalized spacial score (nSPS) is 10.7. The minimum atomic E-state index is 0. The minimum Gasteiger partial charge on any atom is -1.00 e. The summed E-state index contributed by atoms with van der Waals surface area (Å²) in [4.78, 5) is 0. The Morgan fingerprint density at radius 1 is 1.29 bits per heavy atom. The molecule has 2 rings (SSSR count). The third-order valence-corrected chi connectivity index (χ3v) is 3.78. The molecule has 0 radical (unpaired) electrons. The monoisotopic (exact) mass is 324 g/mol. The van der Waals surface area contributed by atoms with E-state index < -0.39 is 0 Å². The van der Waals surface area contributed by atoms with Gasteiger partial charge in [-0.05, 0) is 29.0 Å². The molecule has 21 heavy (non-hydrogen) atoms. The van der Waals surface area contributed by atoms with Gasteiger partial charge < -0.3 is 17.7 Å². The highest BCUT2D eigenvalue weighted by Crippen LogP contribution is 2.12. The Labute approximate surface area is 135 Å². The van der Waals surface area contributed by atoms with Crippen molar-refractivity contribution < 1.29 is 12.4 Å². The van der Waals surface area contributed by atoms with Crippen LogP contribution in [0.5, 0.6) is 0 Å². The molecular weight excluding hydrogens is 306 g/mol. The molecule has 7 heteroatoms. The van der Waals surface area contributed by atoms with Gasteiger partial charge in [0.15, 0.2) is 0 Å². The van der Waals surface area contributed by atoms with Crippen molar-refractivity contribution in [2.45, 2.75) is 11.6 Å². The van der Waals surface area contributed by atoms with Gasteiger partial charge in [0.1, 0.15) is 0 Å². The summed E-state index contributed by atoms with van der Waals surface area (Å²) in [6.45, 7) is 1.89. The summed E-state index contributed by atoms with van der Waals surface area (Å²) in [6, 6.07) is 10.3. The first kappa shape index (κ1) is 17.7. The Balaban J connectivity index is 0.00000220. The molecule has 0 amide bonds. The molecule has 5 nitrogen and oxygen atoms in total. The van der Waals surface area contributed by atoms with Crippen LogP contribution in [0.15, 0.2) is 41.6 Å². The first-order chi connectivity index (χ1) is 9.86. The number of rotatable bonds is 8. The molecule has 0 fully saturated rings. The second-order valence-electron chi connectivity index (χ2n) is 4.30. The number of thioether (sulfide) groups is 1. The van der Waals surface area contributed by atoms with E-state index in [2.05, 4.69) is 45.1 Å². The predicted molar refractivity (Wildman–Crippen MR) is 82.5 cm³/mol. The summed E-state index contributed by atoms with van der Waals surface area (Å²) >= 11 is 1.68. The maximum atomic E-state index is 3.93. The Kier molecular flexibility index (Phi) is 8.73. The second kappa shape index (κ2) is 10.4. The molecule has 0 unspecified atom stereocenters. The van der Waals surface area contributed by atoms with Gasteiger partial charge in [-0.2, -0.15) is 0 Å². The van der Waals surface area contributed by atoms with Gasteiger partial charge >= 0.3 is 0 Å². The zero-order valence-corrected chi connectivity index (χ0v) is 13.5. The number of halogens is 1. The van der Waals surface area contributed by atoms with E-state index in [0.29, 0.717) is 0 Å². The molecule has 0 atom stereocenters. The van der Waals surface area contributed by atoms with Gasteiger partial charge in [-0.1, -0.05) is 54.2 Å². The number of aryl methyl sites for hydroxylation is 1. The van der Waals surface area contributed by atoms with Gasteiger partial charge in [-0.25, -0.2) is 4.68 Å². The third kappa shape index (κ3) is 6.75. The maximum Gasteiger partial charge on any atom is 0.209 e. The number of hydrogen-bond donors (Lipinski definition) is 1. The van der Waals surface area contributed by atoms with Crippen LogP contribution in [0.2, 0.25) is 0 Å². The highest BCUT2D eigenvalue weighted by molar-refractivity contribution is 7.99. The van der Waals surface area contributed by atoms with Gasteiger partial charge in [-0.3, -0.25) is 0 Å².